The summed E-state index contributed by atoms with van der Waals surface area (Å²) in [6, 6.07) is 4.69. The van der Waals surface area contributed by atoms with E-state index in [-0.39, 0.29) is 11.3 Å². The summed E-state index contributed by atoms with van der Waals surface area (Å²) in [5.41, 5.74) is 0.884. The molecule has 3 nitrogen and oxygen atoms in total. The molecule has 1 aliphatic rings. The van der Waals surface area contributed by atoms with E-state index in [0.717, 1.165) is 18.4 Å². The highest BCUT2D eigenvalue weighted by Gasteiger charge is 2.25. The highest BCUT2D eigenvalue weighted by molar-refractivity contribution is 5.91. The largest absolute Gasteiger partial charge is 0.487 e. The molecule has 1 N–H and O–H groups in total. The number of ether oxygens (including phenoxy) is 1. The molecule has 1 aromatic rings. The highest BCUT2D eigenvalue weighted by Crippen LogP contribution is 2.41. The molecule has 1 saturated carbocycles. The Morgan fingerprint density at radius 2 is 2.18 bits per heavy atom. The Bertz CT molecular complexity index is 428. The van der Waals surface area contributed by atoms with Crippen molar-refractivity contribution in [2.24, 2.45) is 0 Å². The van der Waals surface area contributed by atoms with Crippen LogP contribution in [0.5, 0.6) is 5.75 Å². The topological polar surface area (TPSA) is 46.5 Å². The predicted octanol–water partition coefficient (Wildman–Crippen LogP) is 2.91. The van der Waals surface area contributed by atoms with Gasteiger partial charge in [-0.05, 0) is 36.5 Å². The normalized spacial score (nSPS) is 15.0. The van der Waals surface area contributed by atoms with Gasteiger partial charge in [0.15, 0.2) is 0 Å². The van der Waals surface area contributed by atoms with Crippen molar-refractivity contribution in [1.82, 2.24) is 0 Å². The van der Waals surface area contributed by atoms with Crippen molar-refractivity contribution in [1.29, 1.82) is 0 Å². The van der Waals surface area contributed by atoms with Gasteiger partial charge in [-0.25, -0.2) is 13.6 Å². The Morgan fingerprint density at radius 1 is 1.47 bits per heavy atom. The van der Waals surface area contributed by atoms with Crippen LogP contribution in [-0.2, 0) is 0 Å². The summed E-state index contributed by atoms with van der Waals surface area (Å²) in [5.74, 6) is -0.717. The fourth-order valence-corrected chi connectivity index (χ4v) is 1.66. The van der Waals surface area contributed by atoms with Crippen LogP contribution in [0.15, 0.2) is 18.2 Å². The number of carbonyl (C=O) groups is 1. The monoisotopic (exact) mass is 242 g/mol. The standard InChI is InChI=1S/C12H12F2O3/c13-11(14)6-17-10-5-8(7-1-2-7)3-4-9(10)12(15)16/h3-5,7,11H,1-2,6H2,(H,15,16). The lowest BCUT2D eigenvalue weighted by molar-refractivity contribution is 0.0664. The molecule has 0 aromatic heterocycles. The first-order valence-corrected chi connectivity index (χ1v) is 5.36. The van der Waals surface area contributed by atoms with E-state index >= 15 is 0 Å². The van der Waals surface area contributed by atoms with Gasteiger partial charge < -0.3 is 9.84 Å². The molecular weight excluding hydrogens is 230 g/mol. The molecule has 0 aliphatic heterocycles. The lowest BCUT2D eigenvalue weighted by Gasteiger charge is -2.10. The number of hydrogen-bond acceptors (Lipinski definition) is 2. The number of aromatic carboxylic acids is 1. The third-order valence-electron chi connectivity index (χ3n) is 2.65. The predicted molar refractivity (Wildman–Crippen MR) is 56.9 cm³/mol. The maximum atomic E-state index is 12.1. The molecule has 1 aromatic carbocycles. The number of benzene rings is 1. The van der Waals surface area contributed by atoms with Crippen LogP contribution in [0.25, 0.3) is 0 Å². The van der Waals surface area contributed by atoms with E-state index < -0.39 is 19.0 Å². The van der Waals surface area contributed by atoms with E-state index in [4.69, 9.17) is 9.84 Å². The number of halogens is 2. The van der Waals surface area contributed by atoms with E-state index in [1.807, 2.05) is 0 Å². The zero-order valence-electron chi connectivity index (χ0n) is 9.03. The van der Waals surface area contributed by atoms with Gasteiger partial charge in [0, 0.05) is 0 Å². The van der Waals surface area contributed by atoms with E-state index in [2.05, 4.69) is 0 Å². The Hall–Kier alpha value is -1.65. The lowest BCUT2D eigenvalue weighted by Crippen LogP contribution is -2.10. The molecule has 17 heavy (non-hydrogen) atoms. The molecule has 0 amide bonds. The van der Waals surface area contributed by atoms with Crippen molar-refractivity contribution in [3.63, 3.8) is 0 Å². The Balaban J connectivity index is 2.23. The minimum Gasteiger partial charge on any atom is -0.487 e. The average molecular weight is 242 g/mol. The van der Waals surface area contributed by atoms with Gasteiger partial charge in [0.05, 0.1) is 0 Å². The third-order valence-corrected chi connectivity index (χ3v) is 2.65. The number of carboxylic acid groups (broad SMARTS) is 1. The third kappa shape index (κ3) is 2.93. The van der Waals surface area contributed by atoms with Gasteiger partial charge in [-0.2, -0.15) is 0 Å². The van der Waals surface area contributed by atoms with Crippen LogP contribution in [0, 0.1) is 0 Å². The molecule has 1 fully saturated rings. The van der Waals surface area contributed by atoms with E-state index in [0.29, 0.717) is 5.92 Å². The lowest BCUT2D eigenvalue weighted by atomic mass is 10.1. The van der Waals surface area contributed by atoms with Crippen molar-refractivity contribution in [3.8, 4) is 5.75 Å². The van der Waals surface area contributed by atoms with Crippen LogP contribution in [0.3, 0.4) is 0 Å². The second-order valence-electron chi connectivity index (χ2n) is 4.04. The minimum absolute atomic E-state index is 0.0298. The van der Waals surface area contributed by atoms with Gasteiger partial charge in [0.1, 0.15) is 17.9 Å². The molecule has 0 saturated heterocycles. The summed E-state index contributed by atoms with van der Waals surface area (Å²) in [6.45, 7) is -0.783. The maximum absolute atomic E-state index is 12.1. The zero-order chi connectivity index (χ0) is 12.4. The van der Waals surface area contributed by atoms with Crippen molar-refractivity contribution in [3.05, 3.63) is 29.3 Å². The summed E-state index contributed by atoms with van der Waals surface area (Å²) in [6.07, 6.45) is -0.497. The molecule has 1 aliphatic carbocycles. The molecular formula is C12H12F2O3. The van der Waals surface area contributed by atoms with Crippen LogP contribution in [-0.4, -0.2) is 24.1 Å². The summed E-state index contributed by atoms with van der Waals surface area (Å²) in [5, 5.41) is 8.91. The van der Waals surface area contributed by atoms with Gasteiger partial charge in [0.2, 0.25) is 0 Å². The van der Waals surface area contributed by atoms with Crippen LogP contribution in [0.2, 0.25) is 0 Å². The van der Waals surface area contributed by atoms with E-state index in [9.17, 15) is 13.6 Å². The van der Waals surface area contributed by atoms with Crippen LogP contribution < -0.4 is 4.74 Å². The van der Waals surface area contributed by atoms with Crippen molar-refractivity contribution in [2.75, 3.05) is 6.61 Å². The van der Waals surface area contributed by atoms with Gasteiger partial charge in [-0.1, -0.05) is 6.07 Å². The quantitative estimate of drug-likeness (QED) is 0.863. The first kappa shape index (κ1) is 11.8. The number of hydrogen-bond donors (Lipinski definition) is 1. The molecule has 0 bridgehead atoms. The summed E-state index contributed by atoms with van der Waals surface area (Å²) in [7, 11) is 0. The Morgan fingerprint density at radius 3 is 2.71 bits per heavy atom. The summed E-state index contributed by atoms with van der Waals surface area (Å²) < 4.78 is 29.0. The SMILES string of the molecule is O=C(O)c1ccc(C2CC2)cc1OCC(F)F. The molecule has 0 unspecified atom stereocenters. The molecule has 0 heterocycles. The van der Waals surface area contributed by atoms with Crippen molar-refractivity contribution >= 4 is 5.97 Å². The van der Waals surface area contributed by atoms with Gasteiger partial charge in [0.25, 0.3) is 6.43 Å². The van der Waals surface area contributed by atoms with Gasteiger partial charge in [-0.15, -0.1) is 0 Å². The van der Waals surface area contributed by atoms with E-state index in [1.165, 1.54) is 6.07 Å². The van der Waals surface area contributed by atoms with Crippen LogP contribution in [0.1, 0.15) is 34.7 Å². The van der Waals surface area contributed by atoms with E-state index in [1.54, 1.807) is 12.1 Å². The number of carboxylic acids is 1. The maximum Gasteiger partial charge on any atom is 0.339 e. The Labute approximate surface area is 97.0 Å². The molecule has 2 rings (SSSR count). The second kappa shape index (κ2) is 4.69. The van der Waals surface area contributed by atoms with Crippen LogP contribution >= 0.6 is 0 Å². The summed E-state index contributed by atoms with van der Waals surface area (Å²) >= 11 is 0. The molecule has 0 atom stereocenters. The van der Waals surface area contributed by atoms with Gasteiger partial charge in [-0.3, -0.25) is 0 Å². The first-order chi connectivity index (χ1) is 8.08. The Kier molecular flexibility index (Phi) is 3.26. The number of rotatable bonds is 5. The van der Waals surface area contributed by atoms with Crippen LogP contribution in [0.4, 0.5) is 8.78 Å². The van der Waals surface area contributed by atoms with Crippen molar-refractivity contribution < 1.29 is 23.4 Å². The highest BCUT2D eigenvalue weighted by atomic mass is 19.3. The number of alkyl halides is 2. The molecule has 92 valence electrons. The van der Waals surface area contributed by atoms with Gasteiger partial charge >= 0.3 is 5.97 Å². The average Bonchev–Trinajstić information content (AvgIpc) is 3.09. The fraction of sp³-hybridized carbons (Fsp3) is 0.417. The zero-order valence-corrected chi connectivity index (χ0v) is 9.03. The molecule has 0 radical (unpaired) electrons. The molecule has 0 spiro atoms. The fourth-order valence-electron chi connectivity index (χ4n) is 1.66. The minimum atomic E-state index is -2.61. The first-order valence-electron chi connectivity index (χ1n) is 5.36. The molecule has 5 heteroatoms. The smallest absolute Gasteiger partial charge is 0.339 e. The van der Waals surface area contributed by atoms with Crippen molar-refractivity contribution in [2.45, 2.75) is 25.2 Å². The second-order valence-corrected chi connectivity index (χ2v) is 4.04. The summed E-state index contributed by atoms with van der Waals surface area (Å²) in [4.78, 5) is 10.9.